The molecular weight excluding hydrogens is 290 g/mol. The summed E-state index contributed by atoms with van der Waals surface area (Å²) in [5.41, 5.74) is 1.58. The Hall–Kier alpha value is -2.62. The number of carbonyl (C=O) groups excluding carboxylic acids is 1. The molecule has 0 radical (unpaired) electrons. The summed E-state index contributed by atoms with van der Waals surface area (Å²) in [4.78, 5) is 25.6. The van der Waals surface area contributed by atoms with Crippen molar-refractivity contribution >= 4 is 17.6 Å². The van der Waals surface area contributed by atoms with Crippen LogP contribution in [0.2, 0.25) is 0 Å². The van der Waals surface area contributed by atoms with Crippen LogP contribution >= 0.6 is 0 Å². The minimum atomic E-state index is -0.988. The van der Waals surface area contributed by atoms with Gasteiger partial charge in [-0.25, -0.2) is 4.79 Å². The number of hydrogen-bond acceptors (Lipinski definition) is 2. The van der Waals surface area contributed by atoms with Crippen molar-refractivity contribution in [2.75, 3.05) is 11.4 Å². The number of nitrogens with zero attached hydrogens (tertiary/aromatic N) is 1. The summed E-state index contributed by atoms with van der Waals surface area (Å²) in [6.45, 7) is 0.712. The number of carbonyl (C=O) groups is 2. The second-order valence-electron chi connectivity index (χ2n) is 5.93. The standard InChI is InChI=1S/C19H19NO3/c21-18(15-9-11-16(12-10-15)19(22)23)20(13-14-5-4-6-14)17-7-2-1-3-8-17/h1-3,7-12,14H,4-6,13H2,(H,22,23). The molecule has 0 spiro atoms. The molecule has 1 fully saturated rings. The molecule has 0 aliphatic heterocycles. The van der Waals surface area contributed by atoms with E-state index >= 15 is 0 Å². The Morgan fingerprint density at radius 1 is 0.957 bits per heavy atom. The van der Waals surface area contributed by atoms with Crippen LogP contribution in [-0.4, -0.2) is 23.5 Å². The first-order chi connectivity index (χ1) is 11.1. The van der Waals surface area contributed by atoms with Gasteiger partial charge in [0.2, 0.25) is 0 Å². The van der Waals surface area contributed by atoms with Gasteiger partial charge in [-0.05, 0) is 55.2 Å². The van der Waals surface area contributed by atoms with Gasteiger partial charge >= 0.3 is 5.97 Å². The summed E-state index contributed by atoms with van der Waals surface area (Å²) in [6.07, 6.45) is 3.55. The molecule has 1 N–H and O–H groups in total. The van der Waals surface area contributed by atoms with Gasteiger partial charge in [0.15, 0.2) is 0 Å². The number of carboxylic acid groups (broad SMARTS) is 1. The molecule has 1 saturated carbocycles. The molecule has 0 unspecified atom stereocenters. The van der Waals surface area contributed by atoms with Gasteiger partial charge in [0.1, 0.15) is 0 Å². The van der Waals surface area contributed by atoms with Crippen molar-refractivity contribution in [3.8, 4) is 0 Å². The molecule has 2 aromatic rings. The van der Waals surface area contributed by atoms with E-state index in [2.05, 4.69) is 0 Å². The molecule has 0 atom stereocenters. The Morgan fingerprint density at radius 2 is 1.57 bits per heavy atom. The molecule has 118 valence electrons. The van der Waals surface area contributed by atoms with Crippen LogP contribution in [0.25, 0.3) is 0 Å². The number of anilines is 1. The Kier molecular flexibility index (Phi) is 4.42. The van der Waals surface area contributed by atoms with E-state index < -0.39 is 5.97 Å². The molecule has 1 aliphatic rings. The van der Waals surface area contributed by atoms with Crippen LogP contribution < -0.4 is 4.90 Å². The van der Waals surface area contributed by atoms with Gasteiger partial charge in [0.25, 0.3) is 5.91 Å². The van der Waals surface area contributed by atoms with Gasteiger partial charge in [0, 0.05) is 17.8 Å². The smallest absolute Gasteiger partial charge is 0.335 e. The summed E-state index contributed by atoms with van der Waals surface area (Å²) in [7, 11) is 0. The van der Waals surface area contributed by atoms with E-state index in [1.54, 1.807) is 17.0 Å². The molecule has 4 nitrogen and oxygen atoms in total. The highest BCUT2D eigenvalue weighted by Gasteiger charge is 2.25. The zero-order valence-electron chi connectivity index (χ0n) is 12.8. The Balaban J connectivity index is 1.85. The van der Waals surface area contributed by atoms with Crippen LogP contribution in [0.4, 0.5) is 5.69 Å². The van der Waals surface area contributed by atoms with Crippen molar-refractivity contribution in [1.82, 2.24) is 0 Å². The minimum Gasteiger partial charge on any atom is -0.478 e. The number of amides is 1. The maximum absolute atomic E-state index is 12.9. The van der Waals surface area contributed by atoms with Crippen molar-refractivity contribution in [2.45, 2.75) is 19.3 Å². The third-order valence-electron chi connectivity index (χ3n) is 4.36. The average molecular weight is 309 g/mol. The molecule has 1 amide bonds. The summed E-state index contributed by atoms with van der Waals surface area (Å²) >= 11 is 0. The van der Waals surface area contributed by atoms with Crippen molar-refractivity contribution < 1.29 is 14.7 Å². The maximum atomic E-state index is 12.9. The normalized spacial score (nSPS) is 14.1. The van der Waals surface area contributed by atoms with Gasteiger partial charge in [-0.3, -0.25) is 4.79 Å². The van der Waals surface area contributed by atoms with Gasteiger partial charge in [-0.15, -0.1) is 0 Å². The molecule has 1 aliphatic carbocycles. The lowest BCUT2D eigenvalue weighted by Gasteiger charge is -2.32. The van der Waals surface area contributed by atoms with Crippen LogP contribution in [0.15, 0.2) is 54.6 Å². The lowest BCUT2D eigenvalue weighted by atomic mass is 9.85. The maximum Gasteiger partial charge on any atom is 0.335 e. The van der Waals surface area contributed by atoms with E-state index in [0.717, 1.165) is 18.5 Å². The molecule has 0 bridgehead atoms. The second-order valence-corrected chi connectivity index (χ2v) is 5.93. The van der Waals surface area contributed by atoms with E-state index in [-0.39, 0.29) is 11.5 Å². The van der Waals surface area contributed by atoms with Gasteiger partial charge in [-0.2, -0.15) is 0 Å². The van der Waals surface area contributed by atoms with Crippen molar-refractivity contribution in [3.63, 3.8) is 0 Å². The fourth-order valence-electron chi connectivity index (χ4n) is 2.76. The number of carboxylic acids is 1. The molecule has 0 saturated heterocycles. The van der Waals surface area contributed by atoms with Crippen molar-refractivity contribution in [2.24, 2.45) is 5.92 Å². The summed E-state index contributed by atoms with van der Waals surface area (Å²) in [5, 5.41) is 8.96. The third-order valence-corrected chi connectivity index (χ3v) is 4.36. The summed E-state index contributed by atoms with van der Waals surface area (Å²) in [6, 6.07) is 15.8. The van der Waals surface area contributed by atoms with Gasteiger partial charge < -0.3 is 10.0 Å². The number of hydrogen-bond donors (Lipinski definition) is 1. The van der Waals surface area contributed by atoms with Crippen molar-refractivity contribution in [3.05, 3.63) is 65.7 Å². The monoisotopic (exact) mass is 309 g/mol. The highest BCUT2D eigenvalue weighted by Crippen LogP contribution is 2.29. The summed E-state index contributed by atoms with van der Waals surface area (Å²) < 4.78 is 0. The topological polar surface area (TPSA) is 57.6 Å². The molecular formula is C19H19NO3. The summed E-state index contributed by atoms with van der Waals surface area (Å²) in [5.74, 6) is -0.518. The zero-order chi connectivity index (χ0) is 16.2. The number of aromatic carboxylic acids is 1. The van der Waals surface area contributed by atoms with Crippen molar-refractivity contribution in [1.29, 1.82) is 0 Å². The molecule has 3 rings (SSSR count). The minimum absolute atomic E-state index is 0.0833. The molecule has 0 heterocycles. The Labute approximate surface area is 135 Å². The largest absolute Gasteiger partial charge is 0.478 e. The number of benzene rings is 2. The Morgan fingerprint density at radius 3 is 2.09 bits per heavy atom. The quantitative estimate of drug-likeness (QED) is 0.913. The lowest BCUT2D eigenvalue weighted by molar-refractivity contribution is 0.0696. The van der Waals surface area contributed by atoms with E-state index in [1.165, 1.54) is 18.6 Å². The van der Waals surface area contributed by atoms with Crippen LogP contribution in [0, 0.1) is 5.92 Å². The average Bonchev–Trinajstić information content (AvgIpc) is 2.54. The first-order valence-electron chi connectivity index (χ1n) is 7.85. The van der Waals surface area contributed by atoms with E-state index in [4.69, 9.17) is 5.11 Å². The lowest BCUT2D eigenvalue weighted by Crippen LogP contribution is -2.37. The predicted molar refractivity (Wildman–Crippen MR) is 88.9 cm³/mol. The first-order valence-corrected chi connectivity index (χ1v) is 7.85. The zero-order valence-corrected chi connectivity index (χ0v) is 12.8. The van der Waals surface area contributed by atoms with Crippen LogP contribution in [0.1, 0.15) is 40.0 Å². The molecule has 4 heteroatoms. The SMILES string of the molecule is O=C(O)c1ccc(C(=O)N(CC2CCC2)c2ccccc2)cc1. The van der Waals surface area contributed by atoms with E-state index in [1.807, 2.05) is 30.3 Å². The van der Waals surface area contributed by atoms with E-state index in [9.17, 15) is 9.59 Å². The fourth-order valence-corrected chi connectivity index (χ4v) is 2.76. The number of para-hydroxylation sites is 1. The molecule has 2 aromatic carbocycles. The van der Waals surface area contributed by atoms with E-state index in [0.29, 0.717) is 18.0 Å². The molecule has 0 aromatic heterocycles. The predicted octanol–water partition coefficient (Wildman–Crippen LogP) is 3.83. The van der Waals surface area contributed by atoms with Crippen LogP contribution in [0.5, 0.6) is 0 Å². The fraction of sp³-hybridized carbons (Fsp3) is 0.263. The first kappa shape index (κ1) is 15.3. The van der Waals surface area contributed by atoms with Crippen LogP contribution in [0.3, 0.4) is 0 Å². The number of rotatable bonds is 5. The second kappa shape index (κ2) is 6.65. The van der Waals surface area contributed by atoms with Crippen LogP contribution in [-0.2, 0) is 0 Å². The third kappa shape index (κ3) is 3.42. The van der Waals surface area contributed by atoms with Gasteiger partial charge in [0.05, 0.1) is 5.56 Å². The van der Waals surface area contributed by atoms with Gasteiger partial charge in [-0.1, -0.05) is 24.6 Å². The molecule has 23 heavy (non-hydrogen) atoms. The highest BCUT2D eigenvalue weighted by molar-refractivity contribution is 6.06. The Bertz CT molecular complexity index is 690. The highest BCUT2D eigenvalue weighted by atomic mass is 16.4.